The van der Waals surface area contributed by atoms with Crippen LogP contribution in [0, 0.1) is 6.92 Å². The lowest BCUT2D eigenvalue weighted by atomic mass is 10.1. The van der Waals surface area contributed by atoms with Crippen molar-refractivity contribution in [2.24, 2.45) is 0 Å². The smallest absolute Gasteiger partial charge is 0.272 e. The van der Waals surface area contributed by atoms with E-state index < -0.39 is 21.7 Å². The van der Waals surface area contributed by atoms with Crippen molar-refractivity contribution in [3.05, 3.63) is 94.0 Å². The van der Waals surface area contributed by atoms with Crippen LogP contribution in [0.5, 0.6) is 23.0 Å². The Morgan fingerprint density at radius 2 is 1.24 bits per heavy atom. The molecular formula is C29H31ClN2O10. The molecule has 0 fully saturated rings. The Morgan fingerprint density at radius 1 is 0.762 bits per heavy atom. The van der Waals surface area contributed by atoms with Crippen molar-refractivity contribution in [3.8, 4) is 23.0 Å². The fraction of sp³-hybridized carbons (Fsp3) is 0.241. The summed E-state index contributed by atoms with van der Waals surface area (Å²) in [5, 5.41) is 21.8. The van der Waals surface area contributed by atoms with Crippen molar-refractivity contribution in [1.82, 2.24) is 0 Å². The summed E-state index contributed by atoms with van der Waals surface area (Å²) in [6.45, 7) is 8.45. The molecule has 0 atom stereocenters. The first-order valence-corrected chi connectivity index (χ1v) is 12.3. The number of halogens is 1. The van der Waals surface area contributed by atoms with Crippen LogP contribution in [0.15, 0.2) is 55.6 Å². The molecule has 5 N–H and O–H groups in total. The molecule has 12 nitrogen and oxygen atoms in total. The Bertz CT molecular complexity index is 1730. The lowest BCUT2D eigenvalue weighted by Crippen LogP contribution is -2.35. The number of rotatable bonds is 8. The molecule has 0 spiro atoms. The Labute approximate surface area is 246 Å². The maximum Gasteiger partial charge on any atom is 0.272 e. The van der Waals surface area contributed by atoms with Gasteiger partial charge in [0.25, 0.3) is 16.3 Å². The van der Waals surface area contributed by atoms with E-state index in [0.717, 1.165) is 0 Å². The molecule has 0 heterocycles. The Morgan fingerprint density at radius 3 is 1.71 bits per heavy atom. The number of nitrogens with two attached hydrogens (primary N) is 1. The first-order valence-electron chi connectivity index (χ1n) is 12.3. The summed E-state index contributed by atoms with van der Waals surface area (Å²) in [6.07, 6.45) is 0. The van der Waals surface area contributed by atoms with E-state index in [9.17, 15) is 39.0 Å². The van der Waals surface area contributed by atoms with E-state index >= 15 is 0 Å². The minimum Gasteiger partial charge on any atom is -0.505 e. The number of anilines is 3. The number of aromatic hydroxyl groups is 2. The van der Waals surface area contributed by atoms with Crippen LogP contribution in [0.3, 0.4) is 0 Å². The first-order chi connectivity index (χ1) is 19.3. The standard InChI is InChI=1S/C14H13NO5.C8H9NO2.C7H8O3.ClH/c1-3-20-14-10(12(18)13(14)19)15-9-6-4-5-8(7(2)16)11(9)17;1-5(10)6-3-2-4-7(9)8(6)11;1-3-10-7-4(2)5(8)6(7)9;/h4-6,15,17H,3H2,1-2H3;2-4,11H,9H2,1H3;3H2,1-2H3;1H. The SMILES string of the molecule is CC(=O)c1cccc(N)c1O.CCOc1c(C)c(=O)c1=O.CCOc1c(Nc2cccc(C(C)=O)c2O)c(=O)c1=O.Cl. The first kappa shape index (κ1) is 35.1. The van der Waals surface area contributed by atoms with Gasteiger partial charge in [0.2, 0.25) is 5.43 Å². The molecule has 0 aliphatic rings. The van der Waals surface area contributed by atoms with Gasteiger partial charge in [0, 0.05) is 5.56 Å². The van der Waals surface area contributed by atoms with Gasteiger partial charge in [0.1, 0.15) is 17.2 Å². The summed E-state index contributed by atoms with van der Waals surface area (Å²) in [5.74, 6) is -0.691. The van der Waals surface area contributed by atoms with Gasteiger partial charge in [-0.15, -0.1) is 12.4 Å². The fourth-order valence-corrected chi connectivity index (χ4v) is 3.48. The molecule has 4 aromatic carbocycles. The number of phenolic OH excluding ortho intramolecular Hbond substituents is 2. The van der Waals surface area contributed by atoms with E-state index in [1.165, 1.54) is 32.0 Å². The summed E-state index contributed by atoms with van der Waals surface area (Å²) >= 11 is 0. The highest BCUT2D eigenvalue weighted by molar-refractivity contribution is 5.99. The van der Waals surface area contributed by atoms with Crippen molar-refractivity contribution in [2.45, 2.75) is 34.6 Å². The van der Waals surface area contributed by atoms with Gasteiger partial charge in [0.15, 0.2) is 23.1 Å². The van der Waals surface area contributed by atoms with E-state index in [2.05, 4.69) is 5.32 Å². The monoisotopic (exact) mass is 602 g/mol. The highest BCUT2D eigenvalue weighted by atomic mass is 35.5. The number of hydrogen-bond donors (Lipinski definition) is 4. The summed E-state index contributed by atoms with van der Waals surface area (Å²) in [7, 11) is 0. The summed E-state index contributed by atoms with van der Waals surface area (Å²) in [5.41, 5.74) is 4.30. The Kier molecular flexibility index (Phi) is 12.6. The number of benzene rings is 2. The third kappa shape index (κ3) is 7.61. The zero-order valence-electron chi connectivity index (χ0n) is 23.5. The molecule has 0 saturated carbocycles. The number of ether oxygens (including phenoxy) is 2. The lowest BCUT2D eigenvalue weighted by Gasteiger charge is -2.14. The molecular weight excluding hydrogens is 572 g/mol. The summed E-state index contributed by atoms with van der Waals surface area (Å²) in [4.78, 5) is 66.1. The second-order valence-corrected chi connectivity index (χ2v) is 8.52. The molecule has 4 rings (SSSR count). The maximum absolute atomic E-state index is 11.5. The second kappa shape index (κ2) is 15.1. The fourth-order valence-electron chi connectivity index (χ4n) is 3.48. The number of carbonyl (C=O) groups is 2. The molecule has 0 amide bonds. The van der Waals surface area contributed by atoms with Crippen LogP contribution in [0.2, 0.25) is 0 Å². The zero-order valence-corrected chi connectivity index (χ0v) is 24.3. The van der Waals surface area contributed by atoms with Crippen LogP contribution in [0.25, 0.3) is 0 Å². The molecule has 0 bridgehead atoms. The highest BCUT2D eigenvalue weighted by Crippen LogP contribution is 2.32. The van der Waals surface area contributed by atoms with Gasteiger partial charge in [0.05, 0.1) is 35.7 Å². The molecule has 0 aromatic heterocycles. The summed E-state index contributed by atoms with van der Waals surface area (Å²) in [6, 6.07) is 9.23. The minimum absolute atomic E-state index is 0. The van der Waals surface area contributed by atoms with Crippen LogP contribution in [-0.2, 0) is 0 Å². The molecule has 0 aliphatic carbocycles. The van der Waals surface area contributed by atoms with Crippen LogP contribution in [0.4, 0.5) is 17.1 Å². The molecule has 0 unspecified atom stereocenters. The minimum atomic E-state index is -0.707. The van der Waals surface area contributed by atoms with Crippen molar-refractivity contribution in [1.29, 1.82) is 0 Å². The van der Waals surface area contributed by atoms with Gasteiger partial charge in [-0.25, -0.2) is 0 Å². The largest absolute Gasteiger partial charge is 0.505 e. The second-order valence-electron chi connectivity index (χ2n) is 8.52. The molecule has 4 aromatic rings. The zero-order chi connectivity index (χ0) is 31.0. The van der Waals surface area contributed by atoms with Gasteiger partial charge in [-0.3, -0.25) is 28.8 Å². The van der Waals surface area contributed by atoms with E-state index in [0.29, 0.717) is 12.2 Å². The molecule has 0 saturated heterocycles. The van der Waals surface area contributed by atoms with E-state index in [1.54, 1.807) is 39.0 Å². The third-order valence-electron chi connectivity index (χ3n) is 5.66. The van der Waals surface area contributed by atoms with Crippen molar-refractivity contribution in [2.75, 3.05) is 24.3 Å². The number of hydrogen-bond acceptors (Lipinski definition) is 12. The Balaban J connectivity index is 0.000000341. The van der Waals surface area contributed by atoms with Crippen LogP contribution in [0.1, 0.15) is 54.0 Å². The van der Waals surface area contributed by atoms with Crippen molar-refractivity contribution < 1.29 is 29.3 Å². The molecule has 13 heteroatoms. The van der Waals surface area contributed by atoms with Crippen LogP contribution >= 0.6 is 12.4 Å². The summed E-state index contributed by atoms with van der Waals surface area (Å²) < 4.78 is 9.94. The molecule has 224 valence electrons. The van der Waals surface area contributed by atoms with Gasteiger partial charge >= 0.3 is 0 Å². The van der Waals surface area contributed by atoms with E-state index in [4.69, 9.17) is 15.2 Å². The topological polar surface area (TPSA) is 199 Å². The number of para-hydroxylation sites is 2. The molecule has 42 heavy (non-hydrogen) atoms. The maximum atomic E-state index is 11.5. The average molecular weight is 603 g/mol. The highest BCUT2D eigenvalue weighted by Gasteiger charge is 2.24. The van der Waals surface area contributed by atoms with Crippen molar-refractivity contribution in [3.63, 3.8) is 0 Å². The number of phenols is 2. The Hall–Kier alpha value is -4.97. The van der Waals surface area contributed by atoms with E-state index in [-0.39, 0.29) is 81.8 Å². The number of nitrogens with one attached hydrogen (secondary N) is 1. The lowest BCUT2D eigenvalue weighted by molar-refractivity contribution is 0.100. The van der Waals surface area contributed by atoms with Gasteiger partial charge in [-0.05, 0) is 58.9 Å². The van der Waals surface area contributed by atoms with Gasteiger partial charge in [-0.2, -0.15) is 0 Å². The van der Waals surface area contributed by atoms with Gasteiger partial charge in [-0.1, -0.05) is 12.1 Å². The predicted molar refractivity (Wildman–Crippen MR) is 161 cm³/mol. The third-order valence-corrected chi connectivity index (χ3v) is 5.66. The number of Topliss-reactive ketones (excluding diaryl/α,β-unsaturated/α-hetero) is 2. The number of carbonyl (C=O) groups excluding carboxylic acids is 2. The van der Waals surface area contributed by atoms with Crippen LogP contribution in [-0.4, -0.2) is 35.0 Å². The number of nitrogen functional groups attached to an aromatic ring is 1. The predicted octanol–water partition coefficient (Wildman–Crippen LogP) is 2.92. The van der Waals surface area contributed by atoms with Crippen molar-refractivity contribution >= 4 is 41.0 Å². The average Bonchev–Trinajstić information content (AvgIpc) is 2.95. The normalized spacial score (nSPS) is 9.93. The quantitative estimate of drug-likeness (QED) is 0.0996. The van der Waals surface area contributed by atoms with Gasteiger partial charge < -0.3 is 30.7 Å². The molecule has 0 aliphatic heterocycles. The molecule has 0 radical (unpaired) electrons. The van der Waals surface area contributed by atoms with E-state index in [1.807, 2.05) is 0 Å². The van der Waals surface area contributed by atoms with Crippen LogP contribution < -0.4 is 42.2 Å². The number of ketones is 2.